The molecule has 1 fully saturated rings. The molecule has 25 heavy (non-hydrogen) atoms. The minimum absolute atomic E-state index is 0.0936. The van der Waals surface area contributed by atoms with Crippen LogP contribution < -0.4 is 4.74 Å². The number of carbonyl (C=O) groups is 1. The predicted octanol–water partition coefficient (Wildman–Crippen LogP) is 2.80. The van der Waals surface area contributed by atoms with Crippen molar-refractivity contribution in [2.75, 3.05) is 26.7 Å². The molecule has 5 nitrogen and oxygen atoms in total. The first-order valence-corrected chi connectivity index (χ1v) is 8.63. The van der Waals surface area contributed by atoms with E-state index < -0.39 is 0 Å². The van der Waals surface area contributed by atoms with Crippen LogP contribution in [0.2, 0.25) is 0 Å². The molecule has 2 aromatic rings. The van der Waals surface area contributed by atoms with Gasteiger partial charge in [-0.1, -0.05) is 24.3 Å². The van der Waals surface area contributed by atoms with E-state index in [2.05, 4.69) is 22.0 Å². The van der Waals surface area contributed by atoms with Crippen molar-refractivity contribution in [1.29, 1.82) is 0 Å². The Hall–Kier alpha value is -2.40. The molecule has 132 valence electrons. The van der Waals surface area contributed by atoms with Crippen molar-refractivity contribution in [2.24, 2.45) is 0 Å². The number of rotatable bonds is 4. The van der Waals surface area contributed by atoms with E-state index in [9.17, 15) is 4.79 Å². The average molecular weight is 339 g/mol. The first kappa shape index (κ1) is 17.4. The van der Waals surface area contributed by atoms with Gasteiger partial charge < -0.3 is 9.64 Å². The van der Waals surface area contributed by atoms with Gasteiger partial charge in [0.15, 0.2) is 0 Å². The Bertz CT molecular complexity index is 747. The fraction of sp³-hybridized carbons (Fsp3) is 0.400. The topological polar surface area (TPSA) is 45.7 Å². The second-order valence-electron chi connectivity index (χ2n) is 6.46. The van der Waals surface area contributed by atoms with E-state index in [0.29, 0.717) is 6.54 Å². The molecule has 3 rings (SSSR count). The van der Waals surface area contributed by atoms with E-state index in [4.69, 9.17) is 4.74 Å². The van der Waals surface area contributed by atoms with E-state index >= 15 is 0 Å². The van der Waals surface area contributed by atoms with Crippen molar-refractivity contribution in [3.63, 3.8) is 0 Å². The molecule has 1 unspecified atom stereocenters. The van der Waals surface area contributed by atoms with Gasteiger partial charge >= 0.3 is 0 Å². The Balaban J connectivity index is 1.90. The van der Waals surface area contributed by atoms with Gasteiger partial charge in [0.25, 0.3) is 0 Å². The summed E-state index contributed by atoms with van der Waals surface area (Å²) in [7, 11) is 1.69. The summed E-state index contributed by atoms with van der Waals surface area (Å²) >= 11 is 0. The minimum Gasteiger partial charge on any atom is -0.496 e. The van der Waals surface area contributed by atoms with Crippen LogP contribution in [0.25, 0.3) is 0 Å². The molecule has 2 heterocycles. The molecule has 0 bridgehead atoms. The van der Waals surface area contributed by atoms with Crippen LogP contribution in [-0.4, -0.2) is 47.4 Å². The molecule has 1 amide bonds. The van der Waals surface area contributed by atoms with Crippen molar-refractivity contribution >= 4 is 5.91 Å². The molecule has 1 aromatic heterocycles. The summed E-state index contributed by atoms with van der Waals surface area (Å²) in [6, 6.07) is 14.3. The monoisotopic (exact) mass is 339 g/mol. The van der Waals surface area contributed by atoms with Gasteiger partial charge in [-0.15, -0.1) is 0 Å². The van der Waals surface area contributed by atoms with Crippen molar-refractivity contribution in [2.45, 2.75) is 26.4 Å². The van der Waals surface area contributed by atoms with E-state index in [0.717, 1.165) is 42.3 Å². The van der Waals surface area contributed by atoms with Gasteiger partial charge in [0, 0.05) is 44.4 Å². The number of benzene rings is 1. The summed E-state index contributed by atoms with van der Waals surface area (Å²) < 4.78 is 5.57. The number of aromatic nitrogens is 1. The van der Waals surface area contributed by atoms with E-state index in [-0.39, 0.29) is 11.9 Å². The van der Waals surface area contributed by atoms with E-state index in [1.807, 2.05) is 42.2 Å². The second kappa shape index (κ2) is 7.66. The number of hydrogen-bond acceptors (Lipinski definition) is 4. The van der Waals surface area contributed by atoms with Crippen LogP contribution in [0.1, 0.15) is 29.9 Å². The lowest BCUT2D eigenvalue weighted by Crippen LogP contribution is -2.49. The molecular formula is C20H25N3O2. The normalized spacial score (nSPS) is 18.2. The Morgan fingerprint density at radius 3 is 2.72 bits per heavy atom. The zero-order chi connectivity index (χ0) is 17.8. The Kier molecular flexibility index (Phi) is 5.34. The van der Waals surface area contributed by atoms with Crippen LogP contribution >= 0.6 is 0 Å². The highest BCUT2D eigenvalue weighted by Gasteiger charge is 2.31. The van der Waals surface area contributed by atoms with Crippen molar-refractivity contribution in [3.8, 4) is 5.75 Å². The molecular weight excluding hydrogens is 314 g/mol. The zero-order valence-corrected chi connectivity index (χ0v) is 15.1. The number of methoxy groups -OCH3 is 1. The summed E-state index contributed by atoms with van der Waals surface area (Å²) in [5.74, 6) is 0.980. The number of pyridine rings is 1. The molecule has 0 radical (unpaired) electrons. The van der Waals surface area contributed by atoms with Gasteiger partial charge in [-0.2, -0.15) is 0 Å². The third-order valence-corrected chi connectivity index (χ3v) is 4.75. The van der Waals surface area contributed by atoms with Gasteiger partial charge in [0.1, 0.15) is 5.75 Å². The number of hydrogen-bond donors (Lipinski definition) is 0. The Labute approximate surface area is 149 Å². The number of para-hydroxylation sites is 1. The van der Waals surface area contributed by atoms with E-state index in [1.54, 1.807) is 14.0 Å². The maximum absolute atomic E-state index is 11.9. The first-order chi connectivity index (χ1) is 12.1. The van der Waals surface area contributed by atoms with Crippen LogP contribution in [-0.2, 0) is 11.3 Å². The fourth-order valence-corrected chi connectivity index (χ4v) is 3.43. The van der Waals surface area contributed by atoms with Gasteiger partial charge in [0.2, 0.25) is 5.91 Å². The number of carbonyl (C=O) groups excluding carboxylic acids is 1. The molecule has 5 heteroatoms. The maximum atomic E-state index is 11.9. The molecule has 1 atom stereocenters. The molecule has 1 aliphatic heterocycles. The molecule has 0 saturated carbocycles. The Morgan fingerprint density at radius 1 is 1.20 bits per heavy atom. The van der Waals surface area contributed by atoms with E-state index in [1.165, 1.54) is 0 Å². The SMILES string of the molecule is COc1ccccc1C1CN(C(C)=O)CCN1Cc1cccc(C)n1. The van der Waals surface area contributed by atoms with Gasteiger partial charge in [0.05, 0.1) is 18.8 Å². The number of piperazine rings is 1. The van der Waals surface area contributed by atoms with Crippen LogP contribution in [0.15, 0.2) is 42.5 Å². The maximum Gasteiger partial charge on any atom is 0.219 e. The lowest BCUT2D eigenvalue weighted by molar-refractivity contribution is -0.132. The summed E-state index contributed by atoms with van der Waals surface area (Å²) in [5.41, 5.74) is 3.19. The average Bonchev–Trinajstić information content (AvgIpc) is 2.62. The number of aryl methyl sites for hydroxylation is 1. The highest BCUT2D eigenvalue weighted by molar-refractivity contribution is 5.73. The first-order valence-electron chi connectivity index (χ1n) is 8.63. The molecule has 0 spiro atoms. The summed E-state index contributed by atoms with van der Waals surface area (Å²) in [4.78, 5) is 20.8. The smallest absolute Gasteiger partial charge is 0.219 e. The highest BCUT2D eigenvalue weighted by atomic mass is 16.5. The number of nitrogens with zero attached hydrogens (tertiary/aromatic N) is 3. The predicted molar refractivity (Wildman–Crippen MR) is 97.4 cm³/mol. The van der Waals surface area contributed by atoms with Crippen LogP contribution in [0, 0.1) is 6.92 Å². The number of ether oxygens (including phenoxy) is 1. The van der Waals surface area contributed by atoms with Crippen LogP contribution in [0.5, 0.6) is 5.75 Å². The van der Waals surface area contributed by atoms with Crippen LogP contribution in [0.4, 0.5) is 0 Å². The molecule has 1 aromatic carbocycles. The van der Waals surface area contributed by atoms with Crippen molar-refractivity contribution in [1.82, 2.24) is 14.8 Å². The quantitative estimate of drug-likeness (QED) is 0.859. The van der Waals surface area contributed by atoms with Gasteiger partial charge in [-0.3, -0.25) is 14.7 Å². The molecule has 0 aliphatic carbocycles. The zero-order valence-electron chi connectivity index (χ0n) is 15.1. The summed E-state index contributed by atoms with van der Waals surface area (Å²) in [6.45, 7) is 6.63. The third-order valence-electron chi connectivity index (χ3n) is 4.75. The standard InChI is InChI=1S/C20H25N3O2/c1-15-7-6-8-17(21-15)13-23-12-11-22(16(2)24)14-19(23)18-9-4-5-10-20(18)25-3/h4-10,19H,11-14H2,1-3H3. The highest BCUT2D eigenvalue weighted by Crippen LogP contribution is 2.33. The van der Waals surface area contributed by atoms with Gasteiger partial charge in [-0.25, -0.2) is 0 Å². The van der Waals surface area contributed by atoms with Gasteiger partial charge in [-0.05, 0) is 25.1 Å². The Morgan fingerprint density at radius 2 is 2.00 bits per heavy atom. The summed E-state index contributed by atoms with van der Waals surface area (Å²) in [5, 5.41) is 0. The molecule has 0 N–H and O–H groups in total. The summed E-state index contributed by atoms with van der Waals surface area (Å²) in [6.07, 6.45) is 0. The van der Waals surface area contributed by atoms with Crippen molar-refractivity contribution < 1.29 is 9.53 Å². The fourth-order valence-electron chi connectivity index (χ4n) is 3.43. The van der Waals surface area contributed by atoms with Crippen molar-refractivity contribution in [3.05, 3.63) is 59.4 Å². The number of amides is 1. The largest absolute Gasteiger partial charge is 0.496 e. The van der Waals surface area contributed by atoms with Crippen LogP contribution in [0.3, 0.4) is 0 Å². The minimum atomic E-state index is 0.0936. The lowest BCUT2D eigenvalue weighted by Gasteiger charge is -2.41. The lowest BCUT2D eigenvalue weighted by atomic mass is 10.0. The third kappa shape index (κ3) is 3.99. The molecule has 1 saturated heterocycles. The molecule has 1 aliphatic rings. The second-order valence-corrected chi connectivity index (χ2v) is 6.46.